The highest BCUT2D eigenvalue weighted by molar-refractivity contribution is 5.90. The number of ether oxygens (including phenoxy) is 1. The van der Waals surface area contributed by atoms with E-state index in [1.54, 1.807) is 36.2 Å². The molecule has 7 heteroatoms. The second-order valence-electron chi connectivity index (χ2n) is 6.03. The zero-order valence-corrected chi connectivity index (χ0v) is 14.9. The van der Waals surface area contributed by atoms with Crippen LogP contribution in [0.15, 0.2) is 36.5 Å². The van der Waals surface area contributed by atoms with Crippen LogP contribution in [0.25, 0.3) is 0 Å². The molecule has 1 heterocycles. The smallest absolute Gasteiger partial charge is 0.227 e. The van der Waals surface area contributed by atoms with Gasteiger partial charge in [0, 0.05) is 19.0 Å². The number of methoxy groups -OCH3 is 1. The van der Waals surface area contributed by atoms with E-state index in [0.29, 0.717) is 5.82 Å². The van der Waals surface area contributed by atoms with Crippen LogP contribution in [0, 0.1) is 0 Å². The van der Waals surface area contributed by atoms with Crippen molar-refractivity contribution in [3.8, 4) is 5.75 Å². The van der Waals surface area contributed by atoms with Crippen molar-refractivity contribution in [3.05, 3.63) is 42.1 Å². The van der Waals surface area contributed by atoms with Crippen molar-refractivity contribution in [2.24, 2.45) is 0 Å². The molecule has 134 valence electrons. The summed E-state index contributed by atoms with van der Waals surface area (Å²) in [7, 11) is 1.59. The van der Waals surface area contributed by atoms with Gasteiger partial charge in [-0.2, -0.15) is 5.10 Å². The number of benzene rings is 1. The van der Waals surface area contributed by atoms with E-state index in [1.165, 1.54) is 6.92 Å². The van der Waals surface area contributed by atoms with Gasteiger partial charge >= 0.3 is 0 Å². The number of aromatic nitrogens is 2. The number of rotatable bonds is 7. The van der Waals surface area contributed by atoms with Crippen LogP contribution >= 0.6 is 0 Å². The third-order valence-electron chi connectivity index (χ3n) is 3.71. The Morgan fingerprint density at radius 2 is 1.88 bits per heavy atom. The molecule has 1 aromatic heterocycles. The molecule has 0 aliphatic carbocycles. The first kappa shape index (κ1) is 18.5. The van der Waals surface area contributed by atoms with Gasteiger partial charge in [-0.05, 0) is 31.5 Å². The summed E-state index contributed by atoms with van der Waals surface area (Å²) >= 11 is 0. The Balaban J connectivity index is 2.11. The zero-order valence-electron chi connectivity index (χ0n) is 14.9. The summed E-state index contributed by atoms with van der Waals surface area (Å²) in [4.78, 5) is 24.0. The highest BCUT2D eigenvalue weighted by atomic mass is 16.5. The SMILES string of the molecule is COc1ccc([C@H](CC(=O)Nc2ccnn2C(C)C)NC(C)=O)cc1. The van der Waals surface area contributed by atoms with Gasteiger partial charge in [0.15, 0.2) is 0 Å². The molecule has 7 nitrogen and oxygen atoms in total. The van der Waals surface area contributed by atoms with Crippen molar-refractivity contribution in [1.29, 1.82) is 0 Å². The number of hydrogen-bond donors (Lipinski definition) is 2. The second-order valence-corrected chi connectivity index (χ2v) is 6.03. The van der Waals surface area contributed by atoms with Crippen molar-refractivity contribution in [1.82, 2.24) is 15.1 Å². The van der Waals surface area contributed by atoms with Gasteiger partial charge in [0.25, 0.3) is 0 Å². The molecule has 0 fully saturated rings. The Bertz CT molecular complexity index is 722. The molecule has 2 aromatic rings. The molecule has 2 amide bonds. The van der Waals surface area contributed by atoms with Crippen LogP contribution in [0.5, 0.6) is 5.75 Å². The number of amides is 2. The summed E-state index contributed by atoms with van der Waals surface area (Å²) in [6.07, 6.45) is 1.76. The van der Waals surface area contributed by atoms with Crippen LogP contribution < -0.4 is 15.4 Å². The highest BCUT2D eigenvalue weighted by Crippen LogP contribution is 2.21. The van der Waals surface area contributed by atoms with Gasteiger partial charge in [-0.1, -0.05) is 12.1 Å². The monoisotopic (exact) mass is 344 g/mol. The van der Waals surface area contributed by atoms with E-state index in [1.807, 2.05) is 26.0 Å². The molecule has 0 spiro atoms. The average Bonchev–Trinajstić information content (AvgIpc) is 3.02. The summed E-state index contributed by atoms with van der Waals surface area (Å²) in [6.45, 7) is 5.41. The molecule has 0 saturated carbocycles. The molecule has 0 unspecified atom stereocenters. The summed E-state index contributed by atoms with van der Waals surface area (Å²) in [5.74, 6) is 0.963. The first-order valence-corrected chi connectivity index (χ1v) is 8.15. The lowest BCUT2D eigenvalue weighted by Gasteiger charge is -2.19. The summed E-state index contributed by atoms with van der Waals surface area (Å²) in [6, 6.07) is 8.75. The standard InChI is InChI=1S/C18H24N4O3/c1-12(2)22-17(9-10-19-22)21-18(24)11-16(20-13(3)23)14-5-7-15(25-4)8-6-14/h5-10,12,16H,11H2,1-4H3,(H,20,23)(H,21,24)/t16-/m0/s1. The molecular weight excluding hydrogens is 320 g/mol. The van der Waals surface area contributed by atoms with E-state index in [2.05, 4.69) is 15.7 Å². The van der Waals surface area contributed by atoms with Crippen LogP contribution in [-0.4, -0.2) is 28.7 Å². The maximum absolute atomic E-state index is 12.4. The normalized spacial score (nSPS) is 11.9. The molecule has 2 rings (SSSR count). The number of hydrogen-bond acceptors (Lipinski definition) is 4. The molecule has 2 N–H and O–H groups in total. The fraction of sp³-hybridized carbons (Fsp3) is 0.389. The van der Waals surface area contributed by atoms with E-state index in [-0.39, 0.29) is 24.3 Å². The Labute approximate surface area is 147 Å². The minimum absolute atomic E-state index is 0.120. The van der Waals surface area contributed by atoms with Gasteiger partial charge in [-0.25, -0.2) is 4.68 Å². The predicted octanol–water partition coefficient (Wildman–Crippen LogP) is 2.68. The van der Waals surface area contributed by atoms with E-state index in [4.69, 9.17) is 4.74 Å². The number of nitrogens with zero attached hydrogens (tertiary/aromatic N) is 2. The number of carbonyl (C=O) groups is 2. The molecule has 0 aliphatic rings. The highest BCUT2D eigenvalue weighted by Gasteiger charge is 2.18. The topological polar surface area (TPSA) is 85.2 Å². The van der Waals surface area contributed by atoms with Gasteiger partial charge in [0.1, 0.15) is 11.6 Å². The predicted molar refractivity (Wildman–Crippen MR) is 95.4 cm³/mol. The van der Waals surface area contributed by atoms with Crippen molar-refractivity contribution < 1.29 is 14.3 Å². The minimum atomic E-state index is -0.418. The Hall–Kier alpha value is -2.83. The fourth-order valence-corrected chi connectivity index (χ4v) is 2.54. The number of anilines is 1. The average molecular weight is 344 g/mol. The van der Waals surface area contributed by atoms with Gasteiger partial charge in [-0.3, -0.25) is 9.59 Å². The maximum Gasteiger partial charge on any atom is 0.227 e. The molecule has 0 bridgehead atoms. The Morgan fingerprint density at radius 3 is 2.44 bits per heavy atom. The third kappa shape index (κ3) is 5.07. The van der Waals surface area contributed by atoms with Crippen LogP contribution in [0.4, 0.5) is 5.82 Å². The third-order valence-corrected chi connectivity index (χ3v) is 3.71. The molecule has 0 radical (unpaired) electrons. The largest absolute Gasteiger partial charge is 0.497 e. The molecule has 0 saturated heterocycles. The lowest BCUT2D eigenvalue weighted by atomic mass is 10.0. The van der Waals surface area contributed by atoms with E-state index in [0.717, 1.165) is 11.3 Å². The Kier molecular flexibility index (Phi) is 6.16. The van der Waals surface area contributed by atoms with E-state index in [9.17, 15) is 9.59 Å². The van der Waals surface area contributed by atoms with Gasteiger partial charge in [0.05, 0.1) is 25.8 Å². The van der Waals surface area contributed by atoms with Crippen LogP contribution in [-0.2, 0) is 9.59 Å². The summed E-state index contributed by atoms with van der Waals surface area (Å²) in [5.41, 5.74) is 0.837. The Morgan fingerprint density at radius 1 is 1.20 bits per heavy atom. The van der Waals surface area contributed by atoms with Gasteiger partial charge in [0.2, 0.25) is 11.8 Å². The number of carbonyl (C=O) groups excluding carboxylic acids is 2. The number of nitrogens with one attached hydrogen (secondary N) is 2. The van der Waals surface area contributed by atoms with Gasteiger partial charge in [-0.15, -0.1) is 0 Å². The van der Waals surface area contributed by atoms with Crippen LogP contribution in [0.1, 0.15) is 44.8 Å². The van der Waals surface area contributed by atoms with Crippen molar-refractivity contribution in [2.45, 2.75) is 39.3 Å². The molecular formula is C18H24N4O3. The van der Waals surface area contributed by atoms with Crippen LogP contribution in [0.2, 0.25) is 0 Å². The summed E-state index contributed by atoms with van der Waals surface area (Å²) in [5, 5.41) is 9.86. The summed E-state index contributed by atoms with van der Waals surface area (Å²) < 4.78 is 6.88. The first-order valence-electron chi connectivity index (χ1n) is 8.15. The quantitative estimate of drug-likeness (QED) is 0.809. The second kappa shape index (κ2) is 8.32. The van der Waals surface area contributed by atoms with Crippen molar-refractivity contribution in [3.63, 3.8) is 0 Å². The minimum Gasteiger partial charge on any atom is -0.497 e. The van der Waals surface area contributed by atoms with Crippen molar-refractivity contribution >= 4 is 17.6 Å². The molecule has 1 atom stereocenters. The lowest BCUT2D eigenvalue weighted by Crippen LogP contribution is -2.30. The molecule has 0 aliphatic heterocycles. The van der Waals surface area contributed by atoms with Crippen molar-refractivity contribution in [2.75, 3.05) is 12.4 Å². The zero-order chi connectivity index (χ0) is 18.4. The first-order chi connectivity index (χ1) is 11.9. The fourth-order valence-electron chi connectivity index (χ4n) is 2.54. The maximum atomic E-state index is 12.4. The molecule has 1 aromatic carbocycles. The van der Waals surface area contributed by atoms with E-state index < -0.39 is 6.04 Å². The van der Waals surface area contributed by atoms with E-state index >= 15 is 0 Å². The molecule has 25 heavy (non-hydrogen) atoms. The lowest BCUT2D eigenvalue weighted by molar-refractivity contribution is -0.120. The van der Waals surface area contributed by atoms with Crippen LogP contribution in [0.3, 0.4) is 0 Å². The van der Waals surface area contributed by atoms with Gasteiger partial charge < -0.3 is 15.4 Å².